The second-order valence-corrected chi connectivity index (χ2v) is 8.34. The Morgan fingerprint density at radius 3 is 2.42 bits per heavy atom. The maximum Gasteiger partial charge on any atom is 0.141 e. The molecule has 2 aromatic heterocycles. The Kier molecular flexibility index (Phi) is 4.25. The second kappa shape index (κ2) is 6.88. The van der Waals surface area contributed by atoms with Gasteiger partial charge in [0.2, 0.25) is 0 Å². The Hall–Kier alpha value is -2.14. The predicted octanol–water partition coefficient (Wildman–Crippen LogP) is 4.29. The predicted molar refractivity (Wildman–Crippen MR) is 110 cm³/mol. The van der Waals surface area contributed by atoms with E-state index < -0.39 is 0 Å². The van der Waals surface area contributed by atoms with Crippen molar-refractivity contribution >= 4 is 33.1 Å². The molecule has 0 saturated carbocycles. The average molecular weight is 365 g/mol. The van der Waals surface area contributed by atoms with Crippen molar-refractivity contribution in [2.75, 3.05) is 36.0 Å². The van der Waals surface area contributed by atoms with Crippen molar-refractivity contribution in [3.63, 3.8) is 0 Å². The first-order valence-corrected chi connectivity index (χ1v) is 10.5. The fraction of sp³-hybridized carbons (Fsp3) is 0.429. The molecule has 5 rings (SSSR count). The van der Waals surface area contributed by atoms with Gasteiger partial charge in [0.1, 0.15) is 17.0 Å². The SMILES string of the molecule is c1ccc(N2CCN(c3ncnc4sc5c(c34)CCCCC5)CC2)cc1. The zero-order chi connectivity index (χ0) is 17.3. The number of rotatable bonds is 2. The highest BCUT2D eigenvalue weighted by atomic mass is 32.1. The summed E-state index contributed by atoms with van der Waals surface area (Å²) in [5.41, 5.74) is 2.87. The highest BCUT2D eigenvalue weighted by Gasteiger charge is 2.24. The number of thiophene rings is 1. The molecule has 1 saturated heterocycles. The number of para-hydroxylation sites is 1. The van der Waals surface area contributed by atoms with Crippen LogP contribution in [0.3, 0.4) is 0 Å². The fourth-order valence-corrected chi connectivity index (χ4v) is 5.53. The van der Waals surface area contributed by atoms with Crippen molar-refractivity contribution in [1.82, 2.24) is 9.97 Å². The standard InChI is InChI=1S/C21H24N4S/c1-3-7-16(8-4-1)24-11-13-25(14-12-24)20-19-17-9-5-2-6-10-18(17)26-21(19)23-15-22-20/h1,3-4,7-8,15H,2,5-6,9-14H2. The van der Waals surface area contributed by atoms with E-state index >= 15 is 0 Å². The van der Waals surface area contributed by atoms with Gasteiger partial charge in [-0.25, -0.2) is 9.97 Å². The molecular formula is C21H24N4S. The maximum absolute atomic E-state index is 4.74. The highest BCUT2D eigenvalue weighted by molar-refractivity contribution is 7.18. The van der Waals surface area contributed by atoms with Crippen molar-refractivity contribution in [2.45, 2.75) is 32.1 Å². The number of anilines is 2. The lowest BCUT2D eigenvalue weighted by Gasteiger charge is -2.37. The summed E-state index contributed by atoms with van der Waals surface area (Å²) in [6, 6.07) is 10.7. The van der Waals surface area contributed by atoms with Crippen LogP contribution < -0.4 is 9.80 Å². The summed E-state index contributed by atoms with van der Waals surface area (Å²) in [5.74, 6) is 1.17. The van der Waals surface area contributed by atoms with E-state index in [-0.39, 0.29) is 0 Å². The molecule has 0 unspecified atom stereocenters. The summed E-state index contributed by atoms with van der Waals surface area (Å²) >= 11 is 1.90. The third kappa shape index (κ3) is 2.84. The van der Waals surface area contributed by atoms with Crippen LogP contribution in [0.4, 0.5) is 11.5 Å². The summed E-state index contributed by atoms with van der Waals surface area (Å²) < 4.78 is 0. The third-order valence-electron chi connectivity index (χ3n) is 5.68. The zero-order valence-corrected chi connectivity index (χ0v) is 15.8. The molecule has 0 amide bonds. The van der Waals surface area contributed by atoms with Gasteiger partial charge in [-0.15, -0.1) is 11.3 Å². The number of aromatic nitrogens is 2. The lowest BCUT2D eigenvalue weighted by Crippen LogP contribution is -2.46. The number of nitrogens with zero attached hydrogens (tertiary/aromatic N) is 4. The highest BCUT2D eigenvalue weighted by Crippen LogP contribution is 2.39. The molecule has 0 spiro atoms. The Bertz CT molecular complexity index is 897. The quantitative estimate of drug-likeness (QED) is 0.635. The zero-order valence-electron chi connectivity index (χ0n) is 15.0. The molecule has 2 aliphatic rings. The Morgan fingerprint density at radius 2 is 1.58 bits per heavy atom. The molecule has 1 aliphatic carbocycles. The first-order valence-electron chi connectivity index (χ1n) is 9.70. The van der Waals surface area contributed by atoms with Crippen LogP contribution in [0.5, 0.6) is 0 Å². The monoisotopic (exact) mass is 364 g/mol. The minimum absolute atomic E-state index is 1.02. The van der Waals surface area contributed by atoms with Gasteiger partial charge in [-0.05, 0) is 43.4 Å². The Balaban J connectivity index is 1.44. The van der Waals surface area contributed by atoms with Gasteiger partial charge < -0.3 is 9.80 Å². The largest absolute Gasteiger partial charge is 0.368 e. The summed E-state index contributed by atoms with van der Waals surface area (Å²) in [7, 11) is 0. The summed E-state index contributed by atoms with van der Waals surface area (Å²) in [5, 5.41) is 1.35. The summed E-state index contributed by atoms with van der Waals surface area (Å²) in [6.07, 6.45) is 8.14. The molecule has 4 nitrogen and oxygen atoms in total. The molecule has 26 heavy (non-hydrogen) atoms. The van der Waals surface area contributed by atoms with Crippen molar-refractivity contribution in [3.8, 4) is 0 Å². The summed E-state index contributed by atoms with van der Waals surface area (Å²) in [6.45, 7) is 4.13. The smallest absolute Gasteiger partial charge is 0.141 e. The number of benzene rings is 1. The van der Waals surface area contributed by atoms with Crippen LogP contribution >= 0.6 is 11.3 Å². The molecule has 0 N–H and O–H groups in total. The van der Waals surface area contributed by atoms with E-state index in [1.807, 2.05) is 11.3 Å². The molecule has 0 atom stereocenters. The van der Waals surface area contributed by atoms with Gasteiger partial charge in [0, 0.05) is 36.7 Å². The third-order valence-corrected chi connectivity index (χ3v) is 6.88. The van der Waals surface area contributed by atoms with Crippen LogP contribution in [0.1, 0.15) is 29.7 Å². The molecule has 3 aromatic rings. The lowest BCUT2D eigenvalue weighted by molar-refractivity contribution is 0.648. The summed E-state index contributed by atoms with van der Waals surface area (Å²) in [4.78, 5) is 17.0. The van der Waals surface area contributed by atoms with Crippen LogP contribution in [-0.2, 0) is 12.8 Å². The fourth-order valence-electron chi connectivity index (χ4n) is 4.31. The van der Waals surface area contributed by atoms with Gasteiger partial charge in [-0.1, -0.05) is 24.6 Å². The number of hydrogen-bond donors (Lipinski definition) is 0. The molecule has 5 heteroatoms. The van der Waals surface area contributed by atoms with Gasteiger partial charge in [-0.2, -0.15) is 0 Å². The van der Waals surface area contributed by atoms with E-state index in [1.165, 1.54) is 53.8 Å². The molecule has 1 aliphatic heterocycles. The molecule has 3 heterocycles. The molecule has 0 bridgehead atoms. The first kappa shape index (κ1) is 16.1. The Labute approximate surface area is 158 Å². The molecule has 1 fully saturated rings. The van der Waals surface area contributed by atoms with Crippen LogP contribution in [0, 0.1) is 0 Å². The minimum Gasteiger partial charge on any atom is -0.368 e. The van der Waals surface area contributed by atoms with Gasteiger partial charge >= 0.3 is 0 Å². The Morgan fingerprint density at radius 1 is 0.808 bits per heavy atom. The van der Waals surface area contributed by atoms with Crippen LogP contribution in [0.2, 0.25) is 0 Å². The average Bonchev–Trinajstić information content (AvgIpc) is 2.90. The van der Waals surface area contributed by atoms with E-state index in [1.54, 1.807) is 16.8 Å². The van der Waals surface area contributed by atoms with Crippen LogP contribution in [-0.4, -0.2) is 36.1 Å². The lowest BCUT2D eigenvalue weighted by atomic mass is 10.1. The van der Waals surface area contributed by atoms with Crippen LogP contribution in [0.25, 0.3) is 10.2 Å². The van der Waals surface area contributed by atoms with E-state index in [0.29, 0.717) is 0 Å². The van der Waals surface area contributed by atoms with E-state index in [2.05, 4.69) is 45.1 Å². The van der Waals surface area contributed by atoms with Crippen molar-refractivity contribution in [2.24, 2.45) is 0 Å². The van der Waals surface area contributed by atoms with Crippen LogP contribution in [0.15, 0.2) is 36.7 Å². The van der Waals surface area contributed by atoms with Gasteiger partial charge in [0.25, 0.3) is 0 Å². The van der Waals surface area contributed by atoms with E-state index in [0.717, 1.165) is 26.2 Å². The van der Waals surface area contributed by atoms with E-state index in [9.17, 15) is 0 Å². The number of aryl methyl sites for hydroxylation is 2. The molecule has 0 radical (unpaired) electrons. The number of hydrogen-bond acceptors (Lipinski definition) is 5. The number of piperazine rings is 1. The number of fused-ring (bicyclic) bond motifs is 3. The van der Waals surface area contributed by atoms with Crippen molar-refractivity contribution in [3.05, 3.63) is 47.1 Å². The van der Waals surface area contributed by atoms with Crippen molar-refractivity contribution in [1.29, 1.82) is 0 Å². The normalized spacial score (nSPS) is 18.0. The molecular weight excluding hydrogens is 340 g/mol. The van der Waals surface area contributed by atoms with Gasteiger partial charge in [0.05, 0.1) is 5.39 Å². The van der Waals surface area contributed by atoms with Gasteiger partial charge in [-0.3, -0.25) is 0 Å². The van der Waals surface area contributed by atoms with Gasteiger partial charge in [0.15, 0.2) is 0 Å². The molecule has 1 aromatic carbocycles. The minimum atomic E-state index is 1.02. The maximum atomic E-state index is 4.74. The first-order chi connectivity index (χ1) is 12.9. The van der Waals surface area contributed by atoms with Crippen molar-refractivity contribution < 1.29 is 0 Å². The van der Waals surface area contributed by atoms with E-state index in [4.69, 9.17) is 4.98 Å². The molecule has 134 valence electrons. The topological polar surface area (TPSA) is 32.3 Å². The second-order valence-electron chi connectivity index (χ2n) is 7.25.